The third kappa shape index (κ3) is 9.21. The van der Waals surface area contributed by atoms with Gasteiger partial charge in [0.2, 0.25) is 17.7 Å². The number of thiol groups is 1. The zero-order chi connectivity index (χ0) is 21.1. The van der Waals surface area contributed by atoms with Crippen molar-refractivity contribution in [1.82, 2.24) is 16.0 Å². The highest BCUT2D eigenvalue weighted by molar-refractivity contribution is 7.80. The smallest absolute Gasteiger partial charge is 0.327 e. The average Bonchev–Trinajstić information content (AvgIpc) is 2.59. The molecular weight excluding hydrogens is 384 g/mol. The highest BCUT2D eigenvalue weighted by atomic mass is 32.1. The molecule has 154 valence electrons. The van der Waals surface area contributed by atoms with Gasteiger partial charge in [-0.2, -0.15) is 12.6 Å². The molecule has 4 atom stereocenters. The third-order valence-electron chi connectivity index (χ3n) is 3.31. The van der Waals surface area contributed by atoms with Gasteiger partial charge in [-0.25, -0.2) is 4.79 Å². The summed E-state index contributed by atoms with van der Waals surface area (Å²) in [5, 5.41) is 33.4. The molecule has 0 fully saturated rings. The lowest BCUT2D eigenvalue weighted by molar-refractivity contribution is -0.142. The molecule has 0 radical (unpaired) electrons. The van der Waals surface area contributed by atoms with Gasteiger partial charge in [-0.3, -0.25) is 19.2 Å². The Kier molecular flexibility index (Phi) is 11.0. The minimum Gasteiger partial charge on any atom is -0.481 e. The lowest BCUT2D eigenvalue weighted by Crippen LogP contribution is -2.58. The number of aliphatic hydroxyl groups excluding tert-OH is 1. The topological polar surface area (TPSA) is 208 Å². The van der Waals surface area contributed by atoms with Crippen LogP contribution in [0.3, 0.4) is 0 Å². The van der Waals surface area contributed by atoms with E-state index in [1.165, 1.54) is 6.92 Å². The van der Waals surface area contributed by atoms with E-state index in [4.69, 9.17) is 15.9 Å². The van der Waals surface area contributed by atoms with Crippen LogP contribution in [0, 0.1) is 0 Å². The molecule has 0 aromatic heterocycles. The van der Waals surface area contributed by atoms with Crippen LogP contribution in [0.25, 0.3) is 0 Å². The Morgan fingerprint density at radius 3 is 1.81 bits per heavy atom. The van der Waals surface area contributed by atoms with Crippen LogP contribution in [0.2, 0.25) is 0 Å². The Labute approximate surface area is 160 Å². The number of nitrogens with two attached hydrogens (primary N) is 1. The van der Waals surface area contributed by atoms with Crippen molar-refractivity contribution < 1.29 is 39.3 Å². The summed E-state index contributed by atoms with van der Waals surface area (Å²) in [4.78, 5) is 57.6. The summed E-state index contributed by atoms with van der Waals surface area (Å²) in [5.74, 6) is -5.42. The van der Waals surface area contributed by atoms with Gasteiger partial charge in [-0.15, -0.1) is 0 Å². The van der Waals surface area contributed by atoms with Crippen LogP contribution in [0.15, 0.2) is 0 Å². The first-order valence-electron chi connectivity index (χ1n) is 7.86. The van der Waals surface area contributed by atoms with E-state index in [2.05, 4.69) is 28.6 Å². The Hall–Kier alpha value is -2.38. The summed E-state index contributed by atoms with van der Waals surface area (Å²) in [7, 11) is 0. The number of carbonyl (C=O) groups is 5. The molecule has 0 aromatic carbocycles. The molecule has 0 spiro atoms. The number of aliphatic carboxylic acids is 2. The SMILES string of the molecule is CC(N)C(=O)NC(CCC(=O)O)C(=O)NC(CO)C(=O)NC(CS)C(=O)O. The molecule has 0 aliphatic rings. The van der Waals surface area contributed by atoms with Crippen molar-refractivity contribution in [2.45, 2.75) is 43.9 Å². The molecule has 27 heavy (non-hydrogen) atoms. The van der Waals surface area contributed by atoms with Gasteiger partial charge in [0.1, 0.15) is 18.1 Å². The highest BCUT2D eigenvalue weighted by Crippen LogP contribution is 2.01. The number of amides is 3. The summed E-state index contributed by atoms with van der Waals surface area (Å²) >= 11 is 3.77. The fourth-order valence-corrected chi connectivity index (χ4v) is 2.01. The van der Waals surface area contributed by atoms with Crippen LogP contribution in [-0.2, 0) is 24.0 Å². The maximum Gasteiger partial charge on any atom is 0.327 e. The standard InChI is InChI=1S/C14H24N4O8S/c1-6(15)11(22)16-7(2-3-10(20)21)12(23)17-8(4-19)13(24)18-9(5-27)14(25)26/h6-9,19,27H,2-5,15H2,1H3,(H,16,22)(H,17,23)(H,18,24)(H,20,21)(H,25,26). The molecule has 8 N–H and O–H groups in total. The molecule has 0 saturated carbocycles. The first kappa shape index (κ1) is 24.6. The summed E-state index contributed by atoms with van der Waals surface area (Å²) in [5.41, 5.74) is 5.39. The van der Waals surface area contributed by atoms with Gasteiger partial charge in [-0.1, -0.05) is 0 Å². The van der Waals surface area contributed by atoms with Gasteiger partial charge in [0.15, 0.2) is 0 Å². The second-order valence-corrected chi connectivity index (χ2v) is 5.97. The van der Waals surface area contributed by atoms with E-state index in [0.29, 0.717) is 0 Å². The molecular formula is C14H24N4O8S. The number of nitrogens with one attached hydrogen (secondary N) is 3. The quantitative estimate of drug-likeness (QED) is 0.152. The number of rotatable bonds is 12. The maximum absolute atomic E-state index is 12.3. The van der Waals surface area contributed by atoms with E-state index >= 15 is 0 Å². The van der Waals surface area contributed by atoms with Crippen LogP contribution >= 0.6 is 12.6 Å². The van der Waals surface area contributed by atoms with Gasteiger partial charge in [0, 0.05) is 12.2 Å². The largest absolute Gasteiger partial charge is 0.481 e. The molecule has 0 bridgehead atoms. The van der Waals surface area contributed by atoms with Gasteiger partial charge in [0.25, 0.3) is 0 Å². The van der Waals surface area contributed by atoms with E-state index in [9.17, 15) is 29.1 Å². The Morgan fingerprint density at radius 2 is 1.41 bits per heavy atom. The minimum atomic E-state index is -1.52. The van der Waals surface area contributed by atoms with Crippen molar-refractivity contribution >= 4 is 42.3 Å². The first-order valence-corrected chi connectivity index (χ1v) is 8.49. The minimum absolute atomic E-state index is 0.223. The van der Waals surface area contributed by atoms with Crippen molar-refractivity contribution in [2.24, 2.45) is 5.73 Å². The van der Waals surface area contributed by atoms with E-state index in [0.717, 1.165) is 0 Å². The van der Waals surface area contributed by atoms with Crippen LogP contribution in [0.5, 0.6) is 0 Å². The van der Waals surface area contributed by atoms with E-state index in [1.54, 1.807) is 0 Å². The van der Waals surface area contributed by atoms with Crippen molar-refractivity contribution in [3.63, 3.8) is 0 Å². The van der Waals surface area contributed by atoms with E-state index in [-0.39, 0.29) is 12.2 Å². The second-order valence-electron chi connectivity index (χ2n) is 5.61. The molecule has 13 heteroatoms. The molecule has 0 aliphatic carbocycles. The van der Waals surface area contributed by atoms with Crippen molar-refractivity contribution in [2.75, 3.05) is 12.4 Å². The van der Waals surface area contributed by atoms with Crippen molar-refractivity contribution in [3.8, 4) is 0 Å². The van der Waals surface area contributed by atoms with Crippen LogP contribution < -0.4 is 21.7 Å². The number of hydrogen-bond donors (Lipinski definition) is 8. The van der Waals surface area contributed by atoms with Crippen molar-refractivity contribution in [3.05, 3.63) is 0 Å². The van der Waals surface area contributed by atoms with Crippen LogP contribution in [0.4, 0.5) is 0 Å². The zero-order valence-electron chi connectivity index (χ0n) is 14.5. The molecule has 0 aromatic rings. The predicted octanol–water partition coefficient (Wildman–Crippen LogP) is -3.34. The fraction of sp³-hybridized carbons (Fsp3) is 0.643. The normalized spacial score (nSPS) is 15.0. The predicted molar refractivity (Wildman–Crippen MR) is 94.9 cm³/mol. The molecule has 3 amide bonds. The Morgan fingerprint density at radius 1 is 0.926 bits per heavy atom. The first-order chi connectivity index (χ1) is 12.5. The number of carboxylic acids is 2. The molecule has 0 saturated heterocycles. The molecule has 0 rings (SSSR count). The lowest BCUT2D eigenvalue weighted by atomic mass is 10.1. The van der Waals surface area contributed by atoms with Gasteiger partial charge in [0.05, 0.1) is 12.6 Å². The van der Waals surface area contributed by atoms with Gasteiger partial charge < -0.3 is 37.0 Å². The lowest BCUT2D eigenvalue weighted by Gasteiger charge is -2.23. The molecule has 12 nitrogen and oxygen atoms in total. The molecule has 0 heterocycles. The Balaban J connectivity index is 5.10. The van der Waals surface area contributed by atoms with E-state index in [1.807, 2.05) is 0 Å². The van der Waals surface area contributed by atoms with Crippen LogP contribution in [-0.4, -0.2) is 81.5 Å². The van der Waals surface area contributed by atoms with E-state index < -0.39 is 66.9 Å². The van der Waals surface area contributed by atoms with Gasteiger partial charge >= 0.3 is 11.9 Å². The molecule has 0 aliphatic heterocycles. The summed E-state index contributed by atoms with van der Waals surface area (Å²) in [6.45, 7) is 0.498. The second kappa shape index (κ2) is 12.1. The number of aliphatic hydroxyl groups is 1. The van der Waals surface area contributed by atoms with Gasteiger partial charge in [-0.05, 0) is 13.3 Å². The number of carbonyl (C=O) groups excluding carboxylic acids is 3. The highest BCUT2D eigenvalue weighted by Gasteiger charge is 2.29. The summed E-state index contributed by atoms with van der Waals surface area (Å²) in [6, 6.07) is -5.14. The number of carboxylic acid groups (broad SMARTS) is 2. The fourth-order valence-electron chi connectivity index (χ4n) is 1.76. The Bertz CT molecular complexity index is 571. The monoisotopic (exact) mass is 408 g/mol. The average molecular weight is 408 g/mol. The molecule has 4 unspecified atom stereocenters. The summed E-state index contributed by atoms with van der Waals surface area (Å²) in [6.07, 6.45) is -0.734. The summed E-state index contributed by atoms with van der Waals surface area (Å²) < 4.78 is 0. The zero-order valence-corrected chi connectivity index (χ0v) is 15.4. The number of hydrogen-bond acceptors (Lipinski definition) is 8. The van der Waals surface area contributed by atoms with Crippen LogP contribution in [0.1, 0.15) is 19.8 Å². The maximum atomic E-state index is 12.3. The van der Waals surface area contributed by atoms with Crippen molar-refractivity contribution in [1.29, 1.82) is 0 Å². The third-order valence-corrected chi connectivity index (χ3v) is 3.67.